The fraction of sp³-hybridized carbons (Fsp3) is 0.750. The molecule has 2 aliphatic rings. The molecular weight excluding hydrogens is 270 g/mol. The maximum absolute atomic E-state index is 6.13. The molecule has 0 bridgehead atoms. The standard InChI is InChI=1S/C16H24ClN3/c1-16(2,3)15-19-13(17)8-14(20-15)18-9-12(10-4-5-10)11-6-7-11/h8,10-12H,4-7,9H2,1-3H3,(H,18,19,20). The molecule has 1 N–H and O–H groups in total. The van der Waals surface area contributed by atoms with Gasteiger partial charge in [-0.25, -0.2) is 9.97 Å². The van der Waals surface area contributed by atoms with Gasteiger partial charge >= 0.3 is 0 Å². The minimum atomic E-state index is -0.0757. The van der Waals surface area contributed by atoms with Crippen molar-refractivity contribution in [3.8, 4) is 0 Å². The molecule has 4 heteroatoms. The van der Waals surface area contributed by atoms with E-state index in [2.05, 4.69) is 36.1 Å². The number of anilines is 1. The van der Waals surface area contributed by atoms with E-state index in [-0.39, 0.29) is 5.41 Å². The highest BCUT2D eigenvalue weighted by molar-refractivity contribution is 6.29. The lowest BCUT2D eigenvalue weighted by atomic mass is 9.96. The third kappa shape index (κ3) is 3.43. The number of halogens is 1. The van der Waals surface area contributed by atoms with Crippen LogP contribution in [-0.2, 0) is 5.41 Å². The summed E-state index contributed by atoms with van der Waals surface area (Å²) < 4.78 is 0. The first-order valence-electron chi connectivity index (χ1n) is 7.72. The average Bonchev–Trinajstić information content (AvgIpc) is 3.22. The second-order valence-electron chi connectivity index (χ2n) is 7.37. The molecule has 1 aromatic heterocycles. The van der Waals surface area contributed by atoms with Crippen molar-refractivity contribution in [2.45, 2.75) is 51.9 Å². The maximum atomic E-state index is 6.13. The van der Waals surface area contributed by atoms with Gasteiger partial charge in [0.15, 0.2) is 0 Å². The Morgan fingerprint density at radius 2 is 1.80 bits per heavy atom. The Labute approximate surface area is 126 Å². The van der Waals surface area contributed by atoms with E-state index in [1.54, 1.807) is 0 Å². The predicted molar refractivity (Wildman–Crippen MR) is 83.2 cm³/mol. The molecule has 0 saturated heterocycles. The number of rotatable bonds is 5. The fourth-order valence-corrected chi connectivity index (χ4v) is 3.02. The van der Waals surface area contributed by atoms with Crippen LogP contribution in [0, 0.1) is 17.8 Å². The number of aromatic nitrogens is 2. The van der Waals surface area contributed by atoms with Crippen molar-refractivity contribution in [3.63, 3.8) is 0 Å². The summed E-state index contributed by atoms with van der Waals surface area (Å²) in [7, 11) is 0. The third-order valence-electron chi connectivity index (χ3n) is 4.34. The van der Waals surface area contributed by atoms with E-state index < -0.39 is 0 Å². The fourth-order valence-electron chi connectivity index (χ4n) is 2.83. The molecule has 3 nitrogen and oxygen atoms in total. The SMILES string of the molecule is CC(C)(C)c1nc(Cl)cc(NCC(C2CC2)C2CC2)n1. The molecule has 0 radical (unpaired) electrons. The molecule has 0 spiro atoms. The second kappa shape index (κ2) is 5.18. The summed E-state index contributed by atoms with van der Waals surface area (Å²) in [6.45, 7) is 7.37. The number of hydrogen-bond donors (Lipinski definition) is 1. The van der Waals surface area contributed by atoms with Gasteiger partial charge in [0.2, 0.25) is 0 Å². The summed E-state index contributed by atoms with van der Waals surface area (Å²) in [5.74, 6) is 4.42. The lowest BCUT2D eigenvalue weighted by Crippen LogP contribution is -2.21. The molecule has 1 aromatic rings. The third-order valence-corrected chi connectivity index (χ3v) is 4.53. The summed E-state index contributed by atoms with van der Waals surface area (Å²) in [5, 5.41) is 4.03. The van der Waals surface area contributed by atoms with Crippen molar-refractivity contribution in [2.75, 3.05) is 11.9 Å². The zero-order valence-corrected chi connectivity index (χ0v) is 13.4. The number of nitrogens with one attached hydrogen (secondary N) is 1. The maximum Gasteiger partial charge on any atom is 0.137 e. The van der Waals surface area contributed by atoms with Crippen LogP contribution in [0.2, 0.25) is 5.15 Å². The van der Waals surface area contributed by atoms with E-state index in [9.17, 15) is 0 Å². The summed E-state index contributed by atoms with van der Waals surface area (Å²) in [6.07, 6.45) is 5.67. The molecule has 0 aliphatic heterocycles. The second-order valence-corrected chi connectivity index (χ2v) is 7.76. The van der Waals surface area contributed by atoms with Crippen molar-refractivity contribution >= 4 is 17.4 Å². The Kier molecular flexibility index (Phi) is 3.65. The lowest BCUT2D eigenvalue weighted by Gasteiger charge is -2.20. The number of hydrogen-bond acceptors (Lipinski definition) is 3. The first kappa shape index (κ1) is 14.1. The molecule has 2 fully saturated rings. The Morgan fingerprint density at radius 3 is 2.30 bits per heavy atom. The van der Waals surface area contributed by atoms with E-state index in [4.69, 9.17) is 11.6 Å². The van der Waals surface area contributed by atoms with E-state index in [0.29, 0.717) is 5.15 Å². The highest BCUT2D eigenvalue weighted by atomic mass is 35.5. The van der Waals surface area contributed by atoms with Crippen molar-refractivity contribution in [3.05, 3.63) is 17.0 Å². The monoisotopic (exact) mass is 293 g/mol. The summed E-state index contributed by atoms with van der Waals surface area (Å²) in [4.78, 5) is 8.97. The van der Waals surface area contributed by atoms with Gasteiger partial charge in [0.05, 0.1) is 0 Å². The molecular formula is C16H24ClN3. The Morgan fingerprint density at radius 1 is 1.20 bits per heavy atom. The first-order valence-corrected chi connectivity index (χ1v) is 8.10. The molecule has 0 unspecified atom stereocenters. The molecule has 0 aromatic carbocycles. The van der Waals surface area contributed by atoms with Crippen molar-refractivity contribution in [2.24, 2.45) is 17.8 Å². The van der Waals surface area contributed by atoms with Gasteiger partial charge in [-0.1, -0.05) is 32.4 Å². The first-order chi connectivity index (χ1) is 9.43. The van der Waals surface area contributed by atoms with Crippen LogP contribution in [0.5, 0.6) is 0 Å². The van der Waals surface area contributed by atoms with Crippen LogP contribution in [-0.4, -0.2) is 16.5 Å². The van der Waals surface area contributed by atoms with Crippen molar-refractivity contribution in [1.82, 2.24) is 9.97 Å². The quantitative estimate of drug-likeness (QED) is 0.824. The van der Waals surface area contributed by atoms with Crippen LogP contribution < -0.4 is 5.32 Å². The van der Waals surface area contributed by atoms with Gasteiger partial charge in [0.1, 0.15) is 16.8 Å². The van der Waals surface area contributed by atoms with Crippen LogP contribution in [0.25, 0.3) is 0 Å². The lowest BCUT2D eigenvalue weighted by molar-refractivity contribution is 0.427. The average molecular weight is 294 g/mol. The molecule has 20 heavy (non-hydrogen) atoms. The van der Waals surface area contributed by atoms with Gasteiger partial charge in [-0.3, -0.25) is 0 Å². The van der Waals surface area contributed by atoms with Gasteiger partial charge in [-0.2, -0.15) is 0 Å². The van der Waals surface area contributed by atoms with Crippen LogP contribution in [0.1, 0.15) is 52.3 Å². The van der Waals surface area contributed by atoms with Gasteiger partial charge in [0, 0.05) is 18.0 Å². The van der Waals surface area contributed by atoms with E-state index >= 15 is 0 Å². The molecule has 2 aliphatic carbocycles. The summed E-state index contributed by atoms with van der Waals surface area (Å²) >= 11 is 6.13. The smallest absolute Gasteiger partial charge is 0.137 e. The minimum Gasteiger partial charge on any atom is -0.370 e. The summed E-state index contributed by atoms with van der Waals surface area (Å²) in [5.41, 5.74) is -0.0757. The van der Waals surface area contributed by atoms with Crippen molar-refractivity contribution < 1.29 is 0 Å². The molecule has 3 rings (SSSR count). The highest BCUT2D eigenvalue weighted by Crippen LogP contribution is 2.49. The Balaban J connectivity index is 1.68. The predicted octanol–water partition coefficient (Wildman–Crippen LogP) is 4.28. The van der Waals surface area contributed by atoms with Crippen LogP contribution in [0.4, 0.5) is 5.82 Å². The molecule has 2 saturated carbocycles. The van der Waals surface area contributed by atoms with Gasteiger partial charge < -0.3 is 5.32 Å². The highest BCUT2D eigenvalue weighted by Gasteiger charge is 2.41. The van der Waals surface area contributed by atoms with Gasteiger partial charge in [0.25, 0.3) is 0 Å². The van der Waals surface area contributed by atoms with Crippen LogP contribution >= 0.6 is 11.6 Å². The number of nitrogens with zero attached hydrogens (tertiary/aromatic N) is 2. The molecule has 110 valence electrons. The van der Waals surface area contributed by atoms with Gasteiger partial charge in [-0.05, 0) is 43.4 Å². The van der Waals surface area contributed by atoms with Crippen LogP contribution in [0.15, 0.2) is 6.07 Å². The molecule has 1 heterocycles. The van der Waals surface area contributed by atoms with Crippen molar-refractivity contribution in [1.29, 1.82) is 0 Å². The normalized spacial score (nSPS) is 19.4. The van der Waals surface area contributed by atoms with E-state index in [1.165, 1.54) is 25.7 Å². The molecule has 0 amide bonds. The van der Waals surface area contributed by atoms with E-state index in [1.807, 2.05) is 6.07 Å². The van der Waals surface area contributed by atoms with Gasteiger partial charge in [-0.15, -0.1) is 0 Å². The zero-order valence-electron chi connectivity index (χ0n) is 12.6. The largest absolute Gasteiger partial charge is 0.370 e. The topological polar surface area (TPSA) is 37.8 Å². The summed E-state index contributed by atoms with van der Waals surface area (Å²) in [6, 6.07) is 1.84. The van der Waals surface area contributed by atoms with E-state index in [0.717, 1.165) is 35.9 Å². The van der Waals surface area contributed by atoms with Crippen LogP contribution in [0.3, 0.4) is 0 Å². The Bertz CT molecular complexity index is 475. The zero-order chi connectivity index (χ0) is 14.3. The minimum absolute atomic E-state index is 0.0757. The Hall–Kier alpha value is -0.830. The molecule has 0 atom stereocenters.